The number of sulfonamides is 1. The molecule has 24 heavy (non-hydrogen) atoms. The minimum atomic E-state index is -3.62. The molecule has 2 heterocycles. The lowest BCUT2D eigenvalue weighted by Gasteiger charge is -2.31. The Labute approximate surface area is 141 Å². The van der Waals surface area contributed by atoms with Crippen molar-refractivity contribution in [2.24, 2.45) is 0 Å². The lowest BCUT2D eigenvalue weighted by molar-refractivity contribution is -0.119. The van der Waals surface area contributed by atoms with Gasteiger partial charge in [0.05, 0.1) is 18.1 Å². The van der Waals surface area contributed by atoms with Crippen LogP contribution in [0, 0.1) is 0 Å². The molecule has 1 atom stereocenters. The summed E-state index contributed by atoms with van der Waals surface area (Å²) in [5.74, 6) is -0.142. The minimum Gasteiger partial charge on any atom is -0.352 e. The summed E-state index contributed by atoms with van der Waals surface area (Å²) >= 11 is 0. The Morgan fingerprint density at radius 1 is 1.29 bits per heavy atom. The van der Waals surface area contributed by atoms with Gasteiger partial charge in [0, 0.05) is 26.1 Å². The normalized spacial score (nSPS) is 19.1. The van der Waals surface area contributed by atoms with E-state index in [1.165, 1.54) is 23.6 Å². The van der Waals surface area contributed by atoms with Crippen LogP contribution in [0.1, 0.15) is 19.8 Å². The van der Waals surface area contributed by atoms with Crippen LogP contribution in [0.4, 0.5) is 0 Å². The van der Waals surface area contributed by atoms with Crippen molar-refractivity contribution in [3.05, 3.63) is 42.7 Å². The van der Waals surface area contributed by atoms with Gasteiger partial charge < -0.3 is 5.32 Å². The Bertz CT molecular complexity index is 817. The molecule has 7 nitrogen and oxygen atoms in total. The van der Waals surface area contributed by atoms with Crippen molar-refractivity contribution < 1.29 is 13.2 Å². The zero-order chi connectivity index (χ0) is 17.2. The molecule has 0 saturated carbocycles. The second-order valence-corrected chi connectivity index (χ2v) is 7.80. The Kier molecular flexibility index (Phi) is 4.68. The summed E-state index contributed by atoms with van der Waals surface area (Å²) in [5, 5.41) is 6.96. The third-order valence-corrected chi connectivity index (χ3v) is 5.83. The van der Waals surface area contributed by atoms with Crippen molar-refractivity contribution in [3.63, 3.8) is 0 Å². The number of piperidine rings is 1. The van der Waals surface area contributed by atoms with E-state index in [9.17, 15) is 13.2 Å². The smallest absolute Gasteiger partial charge is 0.246 e. The van der Waals surface area contributed by atoms with Crippen LogP contribution < -0.4 is 5.32 Å². The molecule has 1 aliphatic heterocycles. The molecule has 3 rings (SSSR count). The van der Waals surface area contributed by atoms with E-state index in [1.807, 2.05) is 30.3 Å². The monoisotopic (exact) mass is 348 g/mol. The van der Waals surface area contributed by atoms with Crippen LogP contribution in [0.25, 0.3) is 5.69 Å². The highest BCUT2D eigenvalue weighted by atomic mass is 32.2. The quantitative estimate of drug-likeness (QED) is 0.899. The second kappa shape index (κ2) is 6.74. The van der Waals surface area contributed by atoms with Crippen LogP contribution in [0.5, 0.6) is 0 Å². The molecule has 0 aliphatic carbocycles. The zero-order valence-corrected chi connectivity index (χ0v) is 14.2. The first-order valence-electron chi connectivity index (χ1n) is 7.84. The van der Waals surface area contributed by atoms with Crippen molar-refractivity contribution in [2.75, 3.05) is 13.1 Å². The molecule has 1 aliphatic rings. The number of amides is 1. The molecule has 1 saturated heterocycles. The van der Waals surface area contributed by atoms with Gasteiger partial charge >= 0.3 is 0 Å². The maximum absolute atomic E-state index is 12.8. The van der Waals surface area contributed by atoms with Crippen LogP contribution in [-0.2, 0) is 14.8 Å². The van der Waals surface area contributed by atoms with E-state index in [-0.39, 0.29) is 16.8 Å². The Hall–Kier alpha value is -2.19. The lowest BCUT2D eigenvalue weighted by atomic mass is 10.1. The van der Waals surface area contributed by atoms with E-state index < -0.39 is 10.0 Å². The molecule has 0 radical (unpaired) electrons. The third kappa shape index (κ3) is 3.49. The fraction of sp³-hybridized carbons (Fsp3) is 0.375. The average molecular weight is 348 g/mol. The number of benzene rings is 1. The molecule has 128 valence electrons. The summed E-state index contributed by atoms with van der Waals surface area (Å²) in [4.78, 5) is 11.4. The standard InChI is InChI=1S/C16H20N4O3S/c1-13(21)18-14-6-5-9-19(11-14)24(22,23)16-10-17-20(12-16)15-7-3-2-4-8-15/h2-4,7-8,10,12,14H,5-6,9,11H2,1H3,(H,18,21). The Morgan fingerprint density at radius 2 is 2.04 bits per heavy atom. The topological polar surface area (TPSA) is 84.3 Å². The summed E-state index contributed by atoms with van der Waals surface area (Å²) in [5.41, 5.74) is 0.800. The molecule has 0 bridgehead atoms. The number of para-hydroxylation sites is 1. The van der Waals surface area contributed by atoms with Crippen LogP contribution >= 0.6 is 0 Å². The van der Waals surface area contributed by atoms with Crippen molar-refractivity contribution >= 4 is 15.9 Å². The number of carbonyl (C=O) groups is 1. The van der Waals surface area contributed by atoms with Crippen molar-refractivity contribution in [1.29, 1.82) is 0 Å². The minimum absolute atomic E-state index is 0.142. The third-order valence-electron chi connectivity index (χ3n) is 4.01. The summed E-state index contributed by atoms with van der Waals surface area (Å²) in [7, 11) is -3.62. The van der Waals surface area contributed by atoms with Crippen molar-refractivity contribution in [2.45, 2.75) is 30.7 Å². The van der Waals surface area contributed by atoms with Crippen LogP contribution in [0.2, 0.25) is 0 Å². The zero-order valence-electron chi connectivity index (χ0n) is 13.4. The molecule has 0 spiro atoms. The highest BCUT2D eigenvalue weighted by Crippen LogP contribution is 2.21. The van der Waals surface area contributed by atoms with E-state index in [0.717, 1.165) is 18.5 Å². The van der Waals surface area contributed by atoms with Crippen LogP contribution in [0.15, 0.2) is 47.6 Å². The number of hydrogen-bond acceptors (Lipinski definition) is 4. The van der Waals surface area contributed by atoms with Gasteiger partial charge in [-0.2, -0.15) is 9.40 Å². The van der Waals surface area contributed by atoms with E-state index in [2.05, 4.69) is 10.4 Å². The van der Waals surface area contributed by atoms with Gasteiger partial charge in [-0.3, -0.25) is 4.79 Å². The van der Waals surface area contributed by atoms with Crippen LogP contribution in [-0.4, -0.2) is 47.5 Å². The first-order chi connectivity index (χ1) is 11.5. The maximum Gasteiger partial charge on any atom is 0.246 e. The van der Waals surface area contributed by atoms with Gasteiger partial charge in [-0.1, -0.05) is 18.2 Å². The number of hydrogen-bond donors (Lipinski definition) is 1. The molecule has 8 heteroatoms. The van der Waals surface area contributed by atoms with E-state index in [0.29, 0.717) is 13.1 Å². The maximum atomic E-state index is 12.8. The van der Waals surface area contributed by atoms with E-state index in [4.69, 9.17) is 0 Å². The molecule has 1 N–H and O–H groups in total. The molecular weight excluding hydrogens is 328 g/mol. The van der Waals surface area contributed by atoms with Gasteiger partial charge in [0.25, 0.3) is 0 Å². The number of carbonyl (C=O) groups excluding carboxylic acids is 1. The predicted molar refractivity (Wildman–Crippen MR) is 89.2 cm³/mol. The largest absolute Gasteiger partial charge is 0.352 e. The lowest BCUT2D eigenvalue weighted by Crippen LogP contribution is -2.49. The highest BCUT2D eigenvalue weighted by molar-refractivity contribution is 7.89. The van der Waals surface area contributed by atoms with E-state index >= 15 is 0 Å². The summed E-state index contributed by atoms with van der Waals surface area (Å²) in [6.07, 6.45) is 4.39. The van der Waals surface area contributed by atoms with Gasteiger partial charge in [0.15, 0.2) is 0 Å². The molecule has 1 aromatic carbocycles. The number of rotatable bonds is 4. The van der Waals surface area contributed by atoms with Gasteiger partial charge in [0.2, 0.25) is 15.9 Å². The summed E-state index contributed by atoms with van der Waals surface area (Å²) < 4.78 is 28.6. The average Bonchev–Trinajstić information content (AvgIpc) is 3.06. The SMILES string of the molecule is CC(=O)NC1CCCN(S(=O)(=O)c2cnn(-c3ccccc3)c2)C1. The highest BCUT2D eigenvalue weighted by Gasteiger charge is 2.31. The fourth-order valence-corrected chi connectivity index (χ4v) is 4.33. The van der Waals surface area contributed by atoms with Gasteiger partial charge in [0.1, 0.15) is 4.90 Å². The number of aromatic nitrogens is 2. The van der Waals surface area contributed by atoms with Crippen LogP contribution in [0.3, 0.4) is 0 Å². The molecular formula is C16H20N4O3S. The number of nitrogens with one attached hydrogen (secondary N) is 1. The Morgan fingerprint density at radius 3 is 2.75 bits per heavy atom. The second-order valence-electron chi connectivity index (χ2n) is 5.86. The van der Waals surface area contributed by atoms with Gasteiger partial charge in [-0.25, -0.2) is 13.1 Å². The molecule has 1 aromatic heterocycles. The summed E-state index contributed by atoms with van der Waals surface area (Å²) in [6.45, 7) is 2.19. The molecule has 1 amide bonds. The van der Waals surface area contributed by atoms with Crippen molar-refractivity contribution in [1.82, 2.24) is 19.4 Å². The molecule has 1 unspecified atom stereocenters. The van der Waals surface area contributed by atoms with E-state index in [1.54, 1.807) is 4.68 Å². The first-order valence-corrected chi connectivity index (χ1v) is 9.28. The fourth-order valence-electron chi connectivity index (χ4n) is 2.88. The number of nitrogens with zero attached hydrogens (tertiary/aromatic N) is 3. The van der Waals surface area contributed by atoms with Gasteiger partial charge in [-0.15, -0.1) is 0 Å². The summed E-state index contributed by atoms with van der Waals surface area (Å²) in [6, 6.07) is 9.20. The van der Waals surface area contributed by atoms with Gasteiger partial charge in [-0.05, 0) is 25.0 Å². The Balaban J connectivity index is 1.80. The molecule has 2 aromatic rings. The van der Waals surface area contributed by atoms with Crippen molar-refractivity contribution in [3.8, 4) is 5.69 Å². The molecule has 1 fully saturated rings. The predicted octanol–water partition coefficient (Wildman–Crippen LogP) is 1.16. The first kappa shape index (κ1) is 16.7.